The average molecular weight is 244 g/mol. The molecule has 1 N–H and O–H groups in total. The molecule has 3 nitrogen and oxygen atoms in total. The summed E-state index contributed by atoms with van der Waals surface area (Å²) in [6, 6.07) is 10.6. The first-order valence-electron chi connectivity index (χ1n) is 6.55. The van der Waals surface area contributed by atoms with Gasteiger partial charge in [0.25, 0.3) is 0 Å². The summed E-state index contributed by atoms with van der Waals surface area (Å²) in [6.07, 6.45) is 2.65. The zero-order valence-electron chi connectivity index (χ0n) is 11.1. The summed E-state index contributed by atoms with van der Waals surface area (Å²) in [4.78, 5) is 0. The van der Waals surface area contributed by atoms with Gasteiger partial charge in [-0.1, -0.05) is 24.6 Å². The fraction of sp³-hybridized carbons (Fsp3) is 0.533. The summed E-state index contributed by atoms with van der Waals surface area (Å²) in [5, 5.41) is 12.9. The molecule has 2 unspecified atom stereocenters. The molecule has 0 amide bonds. The van der Waals surface area contributed by atoms with Crippen molar-refractivity contribution in [1.82, 2.24) is 0 Å². The van der Waals surface area contributed by atoms with E-state index in [4.69, 9.17) is 4.74 Å². The molecule has 96 valence electrons. The molecule has 1 heterocycles. The number of anilines is 1. The van der Waals surface area contributed by atoms with E-state index >= 15 is 0 Å². The molecular formula is C15H20N2O. The quantitative estimate of drug-likeness (QED) is 0.887. The maximum Gasteiger partial charge on any atom is 0.130 e. The average Bonchev–Trinajstić information content (AvgIpc) is 2.42. The lowest BCUT2D eigenvalue weighted by molar-refractivity contribution is -0.00304. The highest BCUT2D eigenvalue weighted by molar-refractivity contribution is 5.49. The first-order chi connectivity index (χ1) is 8.67. The van der Waals surface area contributed by atoms with Crippen molar-refractivity contribution in [3.8, 4) is 6.07 Å². The van der Waals surface area contributed by atoms with E-state index < -0.39 is 5.54 Å². The van der Waals surface area contributed by atoms with Crippen LogP contribution in [-0.2, 0) is 4.74 Å². The van der Waals surface area contributed by atoms with Gasteiger partial charge >= 0.3 is 0 Å². The molecule has 3 heteroatoms. The van der Waals surface area contributed by atoms with Crippen LogP contribution in [0.4, 0.5) is 5.69 Å². The summed E-state index contributed by atoms with van der Waals surface area (Å²) >= 11 is 0. The Morgan fingerprint density at radius 1 is 1.44 bits per heavy atom. The molecule has 1 aromatic rings. The summed E-state index contributed by atoms with van der Waals surface area (Å²) < 4.78 is 5.65. The molecule has 0 aromatic heterocycles. The molecule has 1 aromatic carbocycles. The third-order valence-electron chi connectivity index (χ3n) is 3.56. The van der Waals surface area contributed by atoms with Gasteiger partial charge in [-0.3, -0.25) is 0 Å². The highest BCUT2D eigenvalue weighted by atomic mass is 16.5. The lowest BCUT2D eigenvalue weighted by Gasteiger charge is -2.36. The smallest absolute Gasteiger partial charge is 0.130 e. The van der Waals surface area contributed by atoms with Crippen LogP contribution in [0.5, 0.6) is 0 Å². The highest BCUT2D eigenvalue weighted by Crippen LogP contribution is 2.29. The Kier molecular flexibility index (Phi) is 3.88. The SMILES string of the molecule is CCC1CC(C#N)(Nc2ccc(C)cc2)CCO1. The second-order valence-electron chi connectivity index (χ2n) is 5.04. The molecule has 1 saturated heterocycles. The number of hydrogen-bond acceptors (Lipinski definition) is 3. The lowest BCUT2D eigenvalue weighted by Crippen LogP contribution is -2.45. The molecule has 0 saturated carbocycles. The number of nitrogens with one attached hydrogen (secondary N) is 1. The first-order valence-corrected chi connectivity index (χ1v) is 6.55. The van der Waals surface area contributed by atoms with Gasteiger partial charge in [0.2, 0.25) is 0 Å². The highest BCUT2D eigenvalue weighted by Gasteiger charge is 2.36. The van der Waals surface area contributed by atoms with Crippen molar-refractivity contribution in [2.45, 2.75) is 44.8 Å². The van der Waals surface area contributed by atoms with Gasteiger partial charge in [-0.15, -0.1) is 0 Å². The van der Waals surface area contributed by atoms with E-state index in [-0.39, 0.29) is 6.10 Å². The van der Waals surface area contributed by atoms with Crippen LogP contribution in [0.3, 0.4) is 0 Å². The van der Waals surface area contributed by atoms with Crippen LogP contribution in [0.1, 0.15) is 31.7 Å². The minimum atomic E-state index is -0.478. The standard InChI is InChI=1S/C15H20N2O/c1-3-14-10-15(11-16,8-9-18-14)17-13-6-4-12(2)5-7-13/h4-7,14,17H,3,8-10H2,1-2H3. The van der Waals surface area contributed by atoms with Crippen LogP contribution in [0, 0.1) is 18.3 Å². The zero-order chi connectivity index (χ0) is 13.0. The van der Waals surface area contributed by atoms with Gasteiger partial charge in [-0.25, -0.2) is 0 Å². The van der Waals surface area contributed by atoms with Gasteiger partial charge < -0.3 is 10.1 Å². The fourth-order valence-corrected chi connectivity index (χ4v) is 2.37. The molecular weight excluding hydrogens is 224 g/mol. The van der Waals surface area contributed by atoms with Gasteiger partial charge in [0.1, 0.15) is 5.54 Å². The van der Waals surface area contributed by atoms with Crippen LogP contribution >= 0.6 is 0 Å². The first kappa shape index (κ1) is 12.9. The van der Waals surface area contributed by atoms with Crippen molar-refractivity contribution in [2.24, 2.45) is 0 Å². The number of nitriles is 1. The summed E-state index contributed by atoms with van der Waals surface area (Å²) in [6.45, 7) is 4.82. The molecule has 18 heavy (non-hydrogen) atoms. The van der Waals surface area contributed by atoms with E-state index in [0.29, 0.717) is 6.61 Å². The molecule has 0 spiro atoms. The van der Waals surface area contributed by atoms with E-state index in [1.165, 1.54) is 5.56 Å². The van der Waals surface area contributed by atoms with Gasteiger partial charge in [0.15, 0.2) is 0 Å². The zero-order valence-corrected chi connectivity index (χ0v) is 11.1. The second kappa shape index (κ2) is 5.41. The van der Waals surface area contributed by atoms with E-state index in [1.54, 1.807) is 0 Å². The van der Waals surface area contributed by atoms with Crippen LogP contribution in [-0.4, -0.2) is 18.2 Å². The monoisotopic (exact) mass is 244 g/mol. The number of hydrogen-bond donors (Lipinski definition) is 1. The molecule has 1 aliphatic heterocycles. The minimum Gasteiger partial charge on any atom is -0.378 e. The molecule has 1 fully saturated rings. The largest absolute Gasteiger partial charge is 0.378 e. The van der Waals surface area contributed by atoms with E-state index in [0.717, 1.165) is 24.9 Å². The third-order valence-corrected chi connectivity index (χ3v) is 3.56. The Labute approximate surface area is 109 Å². The van der Waals surface area contributed by atoms with E-state index in [9.17, 15) is 5.26 Å². The molecule has 0 radical (unpaired) electrons. The van der Waals surface area contributed by atoms with Crippen LogP contribution in [0.25, 0.3) is 0 Å². The number of nitrogens with zero attached hydrogens (tertiary/aromatic N) is 1. The van der Waals surface area contributed by atoms with Gasteiger partial charge in [-0.05, 0) is 25.5 Å². The molecule has 2 atom stereocenters. The Hall–Kier alpha value is -1.53. The predicted molar refractivity (Wildman–Crippen MR) is 72.4 cm³/mol. The number of benzene rings is 1. The Morgan fingerprint density at radius 3 is 2.78 bits per heavy atom. The molecule has 2 rings (SSSR count). The van der Waals surface area contributed by atoms with Crippen molar-refractivity contribution in [2.75, 3.05) is 11.9 Å². The second-order valence-corrected chi connectivity index (χ2v) is 5.04. The van der Waals surface area contributed by atoms with Crippen molar-refractivity contribution in [1.29, 1.82) is 5.26 Å². The maximum absolute atomic E-state index is 9.50. The van der Waals surface area contributed by atoms with Gasteiger partial charge in [-0.2, -0.15) is 5.26 Å². The summed E-state index contributed by atoms with van der Waals surface area (Å²) in [5.41, 5.74) is 1.76. The van der Waals surface area contributed by atoms with E-state index in [1.807, 2.05) is 12.1 Å². The maximum atomic E-state index is 9.50. The summed E-state index contributed by atoms with van der Waals surface area (Å²) in [5.74, 6) is 0. The van der Waals surface area contributed by atoms with Crippen molar-refractivity contribution >= 4 is 5.69 Å². The van der Waals surface area contributed by atoms with E-state index in [2.05, 4.69) is 37.4 Å². The summed E-state index contributed by atoms with van der Waals surface area (Å²) in [7, 11) is 0. The van der Waals surface area contributed by atoms with Crippen molar-refractivity contribution < 1.29 is 4.74 Å². The topological polar surface area (TPSA) is 45.0 Å². The van der Waals surface area contributed by atoms with Crippen LogP contribution < -0.4 is 5.32 Å². The Balaban J connectivity index is 2.13. The number of aryl methyl sites for hydroxylation is 1. The Bertz CT molecular complexity index is 435. The number of ether oxygens (including phenoxy) is 1. The number of rotatable bonds is 3. The van der Waals surface area contributed by atoms with Crippen LogP contribution in [0.2, 0.25) is 0 Å². The normalized spacial score (nSPS) is 27.5. The van der Waals surface area contributed by atoms with Crippen LogP contribution in [0.15, 0.2) is 24.3 Å². The molecule has 1 aliphatic rings. The Morgan fingerprint density at radius 2 is 2.17 bits per heavy atom. The molecule has 0 aliphatic carbocycles. The minimum absolute atomic E-state index is 0.191. The fourth-order valence-electron chi connectivity index (χ4n) is 2.37. The third kappa shape index (κ3) is 2.83. The van der Waals surface area contributed by atoms with Gasteiger partial charge in [0.05, 0.1) is 18.8 Å². The predicted octanol–water partition coefficient (Wildman–Crippen LogP) is 3.26. The molecule has 0 bridgehead atoms. The van der Waals surface area contributed by atoms with Gasteiger partial charge in [0, 0.05) is 18.5 Å². The van der Waals surface area contributed by atoms with Crippen molar-refractivity contribution in [3.63, 3.8) is 0 Å². The van der Waals surface area contributed by atoms with Crippen molar-refractivity contribution in [3.05, 3.63) is 29.8 Å². The lowest BCUT2D eigenvalue weighted by atomic mass is 9.87.